The number of H-pyrrole nitrogens is 2. The van der Waals surface area contributed by atoms with Crippen LogP contribution in [0.5, 0.6) is 5.75 Å². The van der Waals surface area contributed by atoms with Crippen LogP contribution in [0.25, 0.3) is 33.5 Å². The van der Waals surface area contributed by atoms with E-state index in [9.17, 15) is 0 Å². The number of benzene rings is 2. The number of nitrogens with zero attached hydrogens (tertiary/aromatic N) is 3. The highest BCUT2D eigenvalue weighted by Gasteiger charge is 2.14. The van der Waals surface area contributed by atoms with Crippen molar-refractivity contribution in [2.45, 2.75) is 6.42 Å². The van der Waals surface area contributed by atoms with Crippen LogP contribution in [0.2, 0.25) is 0 Å². The molecule has 5 rings (SSSR count). The Labute approximate surface area is 174 Å². The number of methoxy groups -OCH3 is 1. The summed E-state index contributed by atoms with van der Waals surface area (Å²) in [6, 6.07) is 12.1. The highest BCUT2D eigenvalue weighted by molar-refractivity contribution is 5.94. The van der Waals surface area contributed by atoms with Gasteiger partial charge in [0, 0.05) is 30.7 Å². The number of anilines is 1. The number of hydrogen-bond acceptors (Lipinski definition) is 6. The number of aromatic amines is 2. The Morgan fingerprint density at radius 1 is 1.13 bits per heavy atom. The van der Waals surface area contributed by atoms with Crippen LogP contribution < -0.4 is 10.1 Å². The van der Waals surface area contributed by atoms with Gasteiger partial charge in [0.25, 0.3) is 0 Å². The average Bonchev–Trinajstić information content (AvgIpc) is 3.40. The first-order chi connectivity index (χ1) is 14.8. The largest absolute Gasteiger partial charge is 0.497 e. The lowest BCUT2D eigenvalue weighted by atomic mass is 10.2. The fourth-order valence-electron chi connectivity index (χ4n) is 3.89. The lowest BCUT2D eigenvalue weighted by Crippen LogP contribution is -2.37. The highest BCUT2D eigenvalue weighted by Crippen LogP contribution is 2.29. The zero-order valence-electron chi connectivity index (χ0n) is 17.1. The third-order valence-electron chi connectivity index (χ3n) is 5.56. The Kier molecular flexibility index (Phi) is 5.25. The molecule has 3 N–H and O–H groups in total. The van der Waals surface area contributed by atoms with Gasteiger partial charge in [0.15, 0.2) is 5.82 Å². The maximum atomic E-state index is 5.40. The number of hydrogen-bond donors (Lipinski definition) is 3. The van der Waals surface area contributed by atoms with Gasteiger partial charge in [-0.3, -0.25) is 10.00 Å². The summed E-state index contributed by atoms with van der Waals surface area (Å²) < 4.78 is 10.8. The SMILES string of the molecule is COc1ccc2[nH]nc(-c3nc4ccc(NCCCN5CCOCC5)cc4[nH]3)c2c1. The van der Waals surface area contributed by atoms with Crippen LogP contribution in [0, 0.1) is 0 Å². The standard InChI is InChI=1S/C22H26N6O2/c1-29-16-4-6-18-17(14-16)21(27-26-18)22-24-19-5-3-15(13-20(19)25-22)23-7-2-8-28-9-11-30-12-10-28/h3-6,13-14,23H,2,7-12H2,1H3,(H,24,25)(H,26,27). The molecule has 0 amide bonds. The molecule has 0 radical (unpaired) electrons. The van der Waals surface area contributed by atoms with Crippen LogP contribution in [0.15, 0.2) is 36.4 Å². The van der Waals surface area contributed by atoms with Gasteiger partial charge in [0.1, 0.15) is 11.4 Å². The zero-order chi connectivity index (χ0) is 20.3. The summed E-state index contributed by atoms with van der Waals surface area (Å²) in [4.78, 5) is 10.6. The van der Waals surface area contributed by atoms with Crippen molar-refractivity contribution in [2.75, 3.05) is 51.8 Å². The lowest BCUT2D eigenvalue weighted by molar-refractivity contribution is 0.0378. The third kappa shape index (κ3) is 3.83. The molecule has 30 heavy (non-hydrogen) atoms. The number of aromatic nitrogens is 4. The van der Waals surface area contributed by atoms with Crippen molar-refractivity contribution in [3.05, 3.63) is 36.4 Å². The molecular formula is C22H26N6O2. The molecule has 1 saturated heterocycles. The van der Waals surface area contributed by atoms with Crippen LogP contribution in [0.1, 0.15) is 6.42 Å². The molecule has 156 valence electrons. The first kappa shape index (κ1) is 18.9. The fraction of sp³-hybridized carbons (Fsp3) is 0.364. The Bertz CT molecular complexity index is 1150. The van der Waals surface area contributed by atoms with Crippen LogP contribution in [-0.2, 0) is 4.74 Å². The maximum absolute atomic E-state index is 5.40. The number of rotatable bonds is 7. The van der Waals surface area contributed by atoms with Gasteiger partial charge in [-0.15, -0.1) is 0 Å². The first-order valence-corrected chi connectivity index (χ1v) is 10.4. The summed E-state index contributed by atoms with van der Waals surface area (Å²) in [5.74, 6) is 1.54. The number of morpholine rings is 1. The van der Waals surface area contributed by atoms with Crippen molar-refractivity contribution in [3.8, 4) is 17.3 Å². The lowest BCUT2D eigenvalue weighted by Gasteiger charge is -2.26. The Morgan fingerprint density at radius 3 is 2.90 bits per heavy atom. The van der Waals surface area contributed by atoms with Crippen molar-refractivity contribution < 1.29 is 9.47 Å². The molecular weight excluding hydrogens is 380 g/mol. The van der Waals surface area contributed by atoms with Crippen molar-refractivity contribution >= 4 is 27.6 Å². The molecule has 0 unspecified atom stereocenters. The topological polar surface area (TPSA) is 91.1 Å². The highest BCUT2D eigenvalue weighted by atomic mass is 16.5. The van der Waals surface area contributed by atoms with Crippen LogP contribution >= 0.6 is 0 Å². The number of ether oxygens (including phenoxy) is 2. The summed E-state index contributed by atoms with van der Waals surface area (Å²) in [7, 11) is 1.66. The molecule has 3 heterocycles. The molecule has 2 aromatic heterocycles. The van der Waals surface area contributed by atoms with Crippen LogP contribution in [0.4, 0.5) is 5.69 Å². The summed E-state index contributed by atoms with van der Waals surface area (Å²) in [5.41, 5.74) is 4.74. The van der Waals surface area contributed by atoms with E-state index in [1.165, 1.54) is 0 Å². The van der Waals surface area contributed by atoms with Gasteiger partial charge in [-0.2, -0.15) is 5.10 Å². The van der Waals surface area contributed by atoms with Gasteiger partial charge in [-0.1, -0.05) is 0 Å². The fourth-order valence-corrected chi connectivity index (χ4v) is 3.89. The normalized spacial score (nSPS) is 15.1. The minimum atomic E-state index is 0.744. The average molecular weight is 406 g/mol. The zero-order valence-corrected chi connectivity index (χ0v) is 17.1. The molecule has 0 aliphatic carbocycles. The van der Waals surface area contributed by atoms with Gasteiger partial charge < -0.3 is 19.8 Å². The van der Waals surface area contributed by atoms with Gasteiger partial charge >= 0.3 is 0 Å². The monoisotopic (exact) mass is 406 g/mol. The molecule has 2 aromatic carbocycles. The molecule has 0 atom stereocenters. The maximum Gasteiger partial charge on any atom is 0.159 e. The van der Waals surface area contributed by atoms with E-state index in [2.05, 4.69) is 37.5 Å². The third-order valence-corrected chi connectivity index (χ3v) is 5.56. The van der Waals surface area contributed by atoms with Crippen molar-refractivity contribution in [1.82, 2.24) is 25.1 Å². The van der Waals surface area contributed by atoms with E-state index in [0.717, 1.165) is 90.7 Å². The van der Waals surface area contributed by atoms with E-state index in [4.69, 9.17) is 14.5 Å². The second-order valence-corrected chi connectivity index (χ2v) is 7.54. The van der Waals surface area contributed by atoms with Crippen molar-refractivity contribution in [2.24, 2.45) is 0 Å². The molecule has 0 bridgehead atoms. The molecule has 0 saturated carbocycles. The second-order valence-electron chi connectivity index (χ2n) is 7.54. The van der Waals surface area contributed by atoms with Gasteiger partial charge in [-0.05, 0) is 49.4 Å². The molecule has 8 nitrogen and oxygen atoms in total. The van der Waals surface area contributed by atoms with E-state index in [1.54, 1.807) is 7.11 Å². The van der Waals surface area contributed by atoms with E-state index in [0.29, 0.717) is 0 Å². The quantitative estimate of drug-likeness (QED) is 0.408. The van der Waals surface area contributed by atoms with Gasteiger partial charge in [0.05, 0.1) is 36.9 Å². The molecule has 1 fully saturated rings. The molecule has 4 aromatic rings. The smallest absolute Gasteiger partial charge is 0.159 e. The number of nitrogens with one attached hydrogen (secondary N) is 3. The Balaban J connectivity index is 1.29. The van der Waals surface area contributed by atoms with Gasteiger partial charge in [-0.25, -0.2) is 4.98 Å². The summed E-state index contributed by atoms with van der Waals surface area (Å²) >= 11 is 0. The second kappa shape index (κ2) is 8.33. The van der Waals surface area contributed by atoms with Crippen molar-refractivity contribution in [1.29, 1.82) is 0 Å². The Morgan fingerprint density at radius 2 is 2.03 bits per heavy atom. The first-order valence-electron chi connectivity index (χ1n) is 10.4. The predicted molar refractivity (Wildman–Crippen MR) is 118 cm³/mol. The molecule has 8 heteroatoms. The molecule has 1 aliphatic heterocycles. The van der Waals surface area contributed by atoms with Crippen molar-refractivity contribution in [3.63, 3.8) is 0 Å². The van der Waals surface area contributed by atoms with E-state index >= 15 is 0 Å². The molecule has 0 spiro atoms. The number of imidazole rings is 1. The minimum absolute atomic E-state index is 0.744. The van der Waals surface area contributed by atoms with Gasteiger partial charge in [0.2, 0.25) is 0 Å². The summed E-state index contributed by atoms with van der Waals surface area (Å²) in [6.07, 6.45) is 1.10. The predicted octanol–water partition coefficient (Wildman–Crippen LogP) is 3.25. The molecule has 1 aliphatic rings. The number of fused-ring (bicyclic) bond motifs is 2. The Hall–Kier alpha value is -3.10. The van der Waals surface area contributed by atoms with E-state index < -0.39 is 0 Å². The van der Waals surface area contributed by atoms with E-state index in [1.807, 2.05) is 24.3 Å². The summed E-state index contributed by atoms with van der Waals surface area (Å²) in [6.45, 7) is 5.82. The summed E-state index contributed by atoms with van der Waals surface area (Å²) in [5, 5.41) is 12.0. The van der Waals surface area contributed by atoms with E-state index in [-0.39, 0.29) is 0 Å². The van der Waals surface area contributed by atoms with Crippen LogP contribution in [0.3, 0.4) is 0 Å². The van der Waals surface area contributed by atoms with Crippen LogP contribution in [-0.4, -0.2) is 71.6 Å². The minimum Gasteiger partial charge on any atom is -0.497 e.